The summed E-state index contributed by atoms with van der Waals surface area (Å²) in [5, 5.41) is 5.62. The van der Waals surface area contributed by atoms with Gasteiger partial charge in [0.05, 0.1) is 0 Å². The smallest absolute Gasteiger partial charge is 0.408 e. The zero-order valence-corrected chi connectivity index (χ0v) is 23.4. The van der Waals surface area contributed by atoms with E-state index in [2.05, 4.69) is 30.2 Å². The minimum Gasteiger partial charge on any atom is -0.444 e. The van der Waals surface area contributed by atoms with Crippen LogP contribution in [0.25, 0.3) is 0 Å². The number of ether oxygens (including phenoxy) is 1. The molecule has 8 heteroatoms. The van der Waals surface area contributed by atoms with Crippen molar-refractivity contribution in [3.05, 3.63) is 35.4 Å². The number of unbranched alkanes of at least 4 members (excludes halogenated alkanes) is 4. The third kappa shape index (κ3) is 11.4. The fourth-order valence-electron chi connectivity index (χ4n) is 3.67. The molecule has 0 aliphatic heterocycles. The second kappa shape index (κ2) is 15.0. The zero-order valence-electron chi connectivity index (χ0n) is 22.5. The monoisotopic (exact) mass is 507 g/mol. The van der Waals surface area contributed by atoms with Gasteiger partial charge in [-0.05, 0) is 53.5 Å². The maximum Gasteiger partial charge on any atom is 0.408 e. The number of hydrogen-bond donors (Lipinski definition) is 3. The van der Waals surface area contributed by atoms with Gasteiger partial charge in [-0.3, -0.25) is 9.59 Å². The van der Waals surface area contributed by atoms with E-state index >= 15 is 0 Å². The van der Waals surface area contributed by atoms with E-state index in [0.717, 1.165) is 43.2 Å². The maximum atomic E-state index is 13.8. The van der Waals surface area contributed by atoms with Crippen molar-refractivity contribution in [2.45, 2.75) is 104 Å². The molecular formula is C27H45N3O4S. The highest BCUT2D eigenvalue weighted by Gasteiger charge is 2.35. The van der Waals surface area contributed by atoms with Crippen LogP contribution >= 0.6 is 12.6 Å². The van der Waals surface area contributed by atoms with Crippen LogP contribution in [0.3, 0.4) is 0 Å². The summed E-state index contributed by atoms with van der Waals surface area (Å²) in [5.74, 6) is -0.525. The second-order valence-corrected chi connectivity index (χ2v) is 10.7. The molecule has 0 aromatic heterocycles. The number of amides is 3. The number of benzene rings is 1. The van der Waals surface area contributed by atoms with Crippen LogP contribution in [0.1, 0.15) is 90.8 Å². The van der Waals surface area contributed by atoms with Crippen molar-refractivity contribution in [2.75, 3.05) is 12.3 Å². The summed E-state index contributed by atoms with van der Waals surface area (Å²) < 4.78 is 5.35. The van der Waals surface area contributed by atoms with E-state index in [9.17, 15) is 14.4 Å². The Kier molecular flexibility index (Phi) is 13.2. The number of rotatable bonds is 13. The van der Waals surface area contributed by atoms with E-state index in [1.807, 2.05) is 45.0 Å². The molecule has 1 rings (SSSR count). The van der Waals surface area contributed by atoms with E-state index in [0.29, 0.717) is 6.54 Å². The van der Waals surface area contributed by atoms with Crippen molar-refractivity contribution in [3.8, 4) is 0 Å². The highest BCUT2D eigenvalue weighted by molar-refractivity contribution is 7.80. The SMILES string of the molecule is CCCCCCCN(C(=O)C(CS)NC(=O)OC(C)(C)C)C(C(=O)NC(C)C)c1ccc(C)cc1. The molecule has 0 saturated heterocycles. The predicted molar refractivity (Wildman–Crippen MR) is 145 cm³/mol. The van der Waals surface area contributed by atoms with Crippen molar-refractivity contribution in [1.29, 1.82) is 0 Å². The first-order valence-electron chi connectivity index (χ1n) is 12.7. The van der Waals surface area contributed by atoms with Crippen molar-refractivity contribution in [3.63, 3.8) is 0 Å². The number of carbonyl (C=O) groups excluding carboxylic acids is 3. The lowest BCUT2D eigenvalue weighted by Crippen LogP contribution is -2.54. The summed E-state index contributed by atoms with van der Waals surface area (Å²) in [4.78, 5) is 41.2. The summed E-state index contributed by atoms with van der Waals surface area (Å²) in [6.07, 6.45) is 4.34. The molecule has 1 aromatic rings. The Labute approximate surface area is 217 Å². The number of nitrogens with zero attached hydrogens (tertiary/aromatic N) is 1. The van der Waals surface area contributed by atoms with Crippen molar-refractivity contribution < 1.29 is 19.1 Å². The first-order chi connectivity index (χ1) is 16.4. The van der Waals surface area contributed by atoms with Crippen LogP contribution < -0.4 is 10.6 Å². The summed E-state index contributed by atoms with van der Waals surface area (Å²) in [5.41, 5.74) is 1.09. The average Bonchev–Trinajstić information content (AvgIpc) is 2.75. The first kappa shape index (κ1) is 30.8. The molecule has 1 aromatic carbocycles. The molecule has 3 amide bonds. The van der Waals surface area contributed by atoms with Crippen LogP contribution in [0.4, 0.5) is 4.79 Å². The molecule has 2 atom stereocenters. The maximum absolute atomic E-state index is 13.8. The Morgan fingerprint density at radius 1 is 1.00 bits per heavy atom. The van der Waals surface area contributed by atoms with Crippen molar-refractivity contribution in [1.82, 2.24) is 15.5 Å². The number of nitrogens with one attached hydrogen (secondary N) is 2. The summed E-state index contributed by atoms with van der Waals surface area (Å²) in [6, 6.07) is 5.80. The third-order valence-corrected chi connectivity index (χ3v) is 5.71. The molecule has 0 radical (unpaired) electrons. The van der Waals surface area contributed by atoms with E-state index in [1.165, 1.54) is 0 Å². The van der Waals surface area contributed by atoms with Gasteiger partial charge in [0.25, 0.3) is 0 Å². The lowest BCUT2D eigenvalue weighted by molar-refractivity contribution is -0.142. The quantitative estimate of drug-likeness (QED) is 0.253. The summed E-state index contributed by atoms with van der Waals surface area (Å²) in [7, 11) is 0. The van der Waals surface area contributed by atoms with Gasteiger partial charge in [-0.25, -0.2) is 4.79 Å². The fraction of sp³-hybridized carbons (Fsp3) is 0.667. The molecule has 0 aliphatic rings. The minimum absolute atomic E-state index is 0.0802. The average molecular weight is 508 g/mol. The third-order valence-electron chi connectivity index (χ3n) is 5.34. The minimum atomic E-state index is -0.927. The van der Waals surface area contributed by atoms with Gasteiger partial charge in [0.2, 0.25) is 11.8 Å². The predicted octanol–water partition coefficient (Wildman–Crippen LogP) is 5.18. The Bertz CT molecular complexity index is 806. The molecule has 0 fully saturated rings. The molecule has 0 saturated carbocycles. The molecule has 0 spiro atoms. The molecule has 7 nitrogen and oxygen atoms in total. The zero-order chi connectivity index (χ0) is 26.6. The Hall–Kier alpha value is -2.22. The Morgan fingerprint density at radius 2 is 1.60 bits per heavy atom. The lowest BCUT2D eigenvalue weighted by atomic mass is 10.0. The molecule has 198 valence electrons. The molecule has 35 heavy (non-hydrogen) atoms. The summed E-state index contributed by atoms with van der Waals surface area (Å²) in [6.45, 7) is 13.6. The standard InChI is InChI=1S/C27H45N3O4S/c1-8-9-10-11-12-17-30(25(32)22(18-35)29-26(33)34-27(5,6)7)23(24(31)28-19(2)3)21-15-13-20(4)14-16-21/h13-16,19,22-23,35H,8-12,17-18H2,1-7H3,(H,28,31)(H,29,33). The van der Waals surface area contributed by atoms with Gasteiger partial charge in [-0.1, -0.05) is 62.4 Å². The topological polar surface area (TPSA) is 87.7 Å². The van der Waals surface area contributed by atoms with Gasteiger partial charge < -0.3 is 20.3 Å². The van der Waals surface area contributed by atoms with Gasteiger partial charge in [0.15, 0.2) is 0 Å². The van der Waals surface area contributed by atoms with E-state index in [1.54, 1.807) is 25.7 Å². The van der Waals surface area contributed by atoms with Gasteiger partial charge in [-0.15, -0.1) is 0 Å². The highest BCUT2D eigenvalue weighted by atomic mass is 32.1. The number of hydrogen-bond acceptors (Lipinski definition) is 5. The molecule has 0 heterocycles. The Balaban J connectivity index is 3.31. The van der Waals surface area contributed by atoms with Gasteiger partial charge in [0, 0.05) is 18.3 Å². The second-order valence-electron chi connectivity index (χ2n) is 10.3. The highest BCUT2D eigenvalue weighted by Crippen LogP contribution is 2.24. The molecule has 0 bridgehead atoms. The largest absolute Gasteiger partial charge is 0.444 e. The Morgan fingerprint density at radius 3 is 2.11 bits per heavy atom. The molecular weight excluding hydrogens is 462 g/mol. The number of carbonyl (C=O) groups is 3. The summed E-state index contributed by atoms with van der Waals surface area (Å²) >= 11 is 4.33. The first-order valence-corrected chi connectivity index (χ1v) is 13.3. The lowest BCUT2D eigenvalue weighted by Gasteiger charge is -2.34. The van der Waals surface area contributed by atoms with Gasteiger partial charge in [-0.2, -0.15) is 12.6 Å². The van der Waals surface area contributed by atoms with E-state index < -0.39 is 23.8 Å². The van der Waals surface area contributed by atoms with Crippen LogP contribution in [0.2, 0.25) is 0 Å². The normalized spacial score (nSPS) is 13.2. The van der Waals surface area contributed by atoms with Crippen molar-refractivity contribution in [2.24, 2.45) is 0 Å². The van der Waals surface area contributed by atoms with Crippen LogP contribution in [-0.2, 0) is 14.3 Å². The van der Waals surface area contributed by atoms with E-state index in [4.69, 9.17) is 4.74 Å². The van der Waals surface area contributed by atoms with Crippen LogP contribution in [0.5, 0.6) is 0 Å². The van der Waals surface area contributed by atoms with Crippen LogP contribution in [-0.4, -0.2) is 52.8 Å². The fourth-order valence-corrected chi connectivity index (χ4v) is 3.92. The number of aryl methyl sites for hydroxylation is 1. The molecule has 2 N–H and O–H groups in total. The van der Waals surface area contributed by atoms with Gasteiger partial charge >= 0.3 is 6.09 Å². The molecule has 0 aliphatic carbocycles. The van der Waals surface area contributed by atoms with Crippen LogP contribution in [0.15, 0.2) is 24.3 Å². The van der Waals surface area contributed by atoms with Gasteiger partial charge in [0.1, 0.15) is 17.7 Å². The number of alkyl carbamates (subject to hydrolysis) is 1. The molecule has 2 unspecified atom stereocenters. The van der Waals surface area contributed by atoms with E-state index in [-0.39, 0.29) is 23.6 Å². The van der Waals surface area contributed by atoms with Crippen LogP contribution in [0, 0.1) is 6.92 Å². The van der Waals surface area contributed by atoms with Crippen molar-refractivity contribution >= 4 is 30.5 Å². The number of thiol groups is 1.